The van der Waals surface area contributed by atoms with Gasteiger partial charge in [-0.1, -0.05) is 42.1 Å². The molecule has 0 bridgehead atoms. The molecule has 0 unspecified atom stereocenters. The number of hydrogen-bond donors (Lipinski definition) is 0. The first-order chi connectivity index (χ1) is 14.2. The van der Waals surface area contributed by atoms with Crippen molar-refractivity contribution < 1.29 is 13.9 Å². The molecular weight excluding hydrogens is 388 g/mol. The monoisotopic (exact) mass is 406 g/mol. The molecule has 2 heterocycles. The van der Waals surface area contributed by atoms with Gasteiger partial charge in [-0.25, -0.2) is 9.78 Å². The van der Waals surface area contributed by atoms with E-state index in [0.29, 0.717) is 33.1 Å². The fourth-order valence-electron chi connectivity index (χ4n) is 2.98. The summed E-state index contributed by atoms with van der Waals surface area (Å²) in [5.74, 6) is 0.862. The second-order valence-electron chi connectivity index (χ2n) is 6.36. The summed E-state index contributed by atoms with van der Waals surface area (Å²) in [6.07, 6.45) is 1.58. The first-order valence-electron chi connectivity index (χ1n) is 8.98. The highest BCUT2D eigenvalue weighted by Gasteiger charge is 2.15. The van der Waals surface area contributed by atoms with Gasteiger partial charge in [0, 0.05) is 5.75 Å². The fraction of sp³-hybridized carbons (Fsp3) is 0.136. The van der Waals surface area contributed by atoms with Gasteiger partial charge < -0.3 is 9.15 Å². The molecule has 0 aliphatic heterocycles. The van der Waals surface area contributed by atoms with Crippen molar-refractivity contribution in [2.24, 2.45) is 0 Å². The van der Waals surface area contributed by atoms with Crippen LogP contribution in [0.1, 0.15) is 21.7 Å². The molecule has 0 radical (unpaired) electrons. The molecule has 0 saturated heterocycles. The Kier molecular flexibility index (Phi) is 5.48. The van der Waals surface area contributed by atoms with Gasteiger partial charge in [-0.3, -0.25) is 9.36 Å². The maximum Gasteiger partial charge on any atom is 0.337 e. The van der Waals surface area contributed by atoms with Crippen LogP contribution in [0, 0.1) is 0 Å². The Hall–Kier alpha value is -3.32. The number of esters is 1. The van der Waals surface area contributed by atoms with E-state index >= 15 is 0 Å². The van der Waals surface area contributed by atoms with E-state index in [1.807, 2.05) is 36.4 Å². The van der Waals surface area contributed by atoms with Crippen molar-refractivity contribution in [3.05, 3.63) is 94.2 Å². The number of ether oxygens (including phenoxy) is 1. The highest BCUT2D eigenvalue weighted by atomic mass is 32.2. The Bertz CT molecular complexity index is 1200. The van der Waals surface area contributed by atoms with E-state index < -0.39 is 5.97 Å². The van der Waals surface area contributed by atoms with E-state index in [2.05, 4.69) is 4.98 Å². The smallest absolute Gasteiger partial charge is 0.337 e. The summed E-state index contributed by atoms with van der Waals surface area (Å²) in [6.45, 7) is 0.282. The highest BCUT2D eigenvalue weighted by molar-refractivity contribution is 7.98. The largest absolute Gasteiger partial charge is 0.467 e. The molecule has 0 aliphatic rings. The lowest BCUT2D eigenvalue weighted by Crippen LogP contribution is -2.24. The number of methoxy groups -OCH3 is 1. The predicted molar refractivity (Wildman–Crippen MR) is 111 cm³/mol. The Balaban J connectivity index is 1.79. The van der Waals surface area contributed by atoms with Gasteiger partial charge in [-0.15, -0.1) is 0 Å². The average Bonchev–Trinajstić information content (AvgIpc) is 3.27. The Morgan fingerprint density at radius 3 is 2.69 bits per heavy atom. The summed E-state index contributed by atoms with van der Waals surface area (Å²) in [7, 11) is 1.32. The summed E-state index contributed by atoms with van der Waals surface area (Å²) in [5.41, 5.74) is 1.76. The molecule has 0 spiro atoms. The molecule has 0 N–H and O–H groups in total. The number of aromatic nitrogens is 2. The normalized spacial score (nSPS) is 10.9. The van der Waals surface area contributed by atoms with Crippen LogP contribution in [0.15, 0.2) is 81.3 Å². The van der Waals surface area contributed by atoms with E-state index in [0.717, 1.165) is 5.56 Å². The Labute approximate surface area is 171 Å². The third-order valence-corrected chi connectivity index (χ3v) is 5.49. The van der Waals surface area contributed by atoms with Crippen LogP contribution in [0.5, 0.6) is 0 Å². The minimum Gasteiger partial charge on any atom is -0.467 e. The molecule has 0 aliphatic carbocycles. The van der Waals surface area contributed by atoms with Crippen molar-refractivity contribution in [2.75, 3.05) is 7.11 Å². The van der Waals surface area contributed by atoms with E-state index in [1.165, 1.54) is 18.9 Å². The third kappa shape index (κ3) is 4.09. The first-order valence-corrected chi connectivity index (χ1v) is 9.96. The van der Waals surface area contributed by atoms with Crippen LogP contribution in [0.3, 0.4) is 0 Å². The first kappa shape index (κ1) is 19.0. The van der Waals surface area contributed by atoms with E-state index in [1.54, 1.807) is 35.1 Å². The summed E-state index contributed by atoms with van der Waals surface area (Å²) in [4.78, 5) is 29.7. The molecule has 2 aromatic heterocycles. The topological polar surface area (TPSA) is 74.3 Å². The number of furan rings is 1. The van der Waals surface area contributed by atoms with Crippen molar-refractivity contribution in [1.82, 2.24) is 9.55 Å². The third-order valence-electron chi connectivity index (χ3n) is 4.45. The standard InChI is InChI=1S/C22H18N2O4S/c1-27-21(26)16-9-10-18-19(12-16)23-22(29-14-15-6-3-2-4-7-15)24(20(18)25)13-17-8-5-11-28-17/h2-12H,13-14H2,1H3. The lowest BCUT2D eigenvalue weighted by atomic mass is 10.1. The minimum atomic E-state index is -0.466. The van der Waals surface area contributed by atoms with Crippen molar-refractivity contribution in [3.8, 4) is 0 Å². The van der Waals surface area contributed by atoms with Crippen molar-refractivity contribution >= 4 is 28.6 Å². The zero-order chi connectivity index (χ0) is 20.2. The van der Waals surface area contributed by atoms with Crippen LogP contribution >= 0.6 is 11.8 Å². The molecule has 146 valence electrons. The molecule has 2 aromatic carbocycles. The quantitative estimate of drug-likeness (QED) is 0.272. The zero-order valence-corrected chi connectivity index (χ0v) is 16.5. The Morgan fingerprint density at radius 1 is 1.14 bits per heavy atom. The van der Waals surface area contributed by atoms with Crippen LogP contribution in [0.2, 0.25) is 0 Å². The van der Waals surface area contributed by atoms with E-state index in [9.17, 15) is 9.59 Å². The second kappa shape index (κ2) is 8.36. The van der Waals surface area contributed by atoms with Crippen molar-refractivity contribution in [1.29, 1.82) is 0 Å². The van der Waals surface area contributed by atoms with Gasteiger partial charge >= 0.3 is 5.97 Å². The number of thioether (sulfide) groups is 1. The Morgan fingerprint density at radius 2 is 1.97 bits per heavy atom. The van der Waals surface area contributed by atoms with E-state index in [4.69, 9.17) is 9.15 Å². The van der Waals surface area contributed by atoms with Gasteiger partial charge in [-0.2, -0.15) is 0 Å². The highest BCUT2D eigenvalue weighted by Crippen LogP contribution is 2.23. The van der Waals surface area contributed by atoms with Crippen molar-refractivity contribution in [3.63, 3.8) is 0 Å². The number of carbonyl (C=O) groups excluding carboxylic acids is 1. The molecule has 4 aromatic rings. The molecule has 6 nitrogen and oxygen atoms in total. The van der Waals surface area contributed by atoms with Crippen molar-refractivity contribution in [2.45, 2.75) is 17.5 Å². The van der Waals surface area contributed by atoms with Gasteiger partial charge in [0.2, 0.25) is 0 Å². The number of nitrogens with zero attached hydrogens (tertiary/aromatic N) is 2. The minimum absolute atomic E-state index is 0.182. The van der Waals surface area contributed by atoms with Crippen LogP contribution in [0.4, 0.5) is 0 Å². The maximum atomic E-state index is 13.2. The molecule has 0 saturated carbocycles. The fourth-order valence-corrected chi connectivity index (χ4v) is 3.93. The van der Waals surface area contributed by atoms with Gasteiger partial charge in [0.15, 0.2) is 5.16 Å². The molecule has 4 rings (SSSR count). The lowest BCUT2D eigenvalue weighted by molar-refractivity contribution is 0.0601. The second-order valence-corrected chi connectivity index (χ2v) is 7.31. The van der Waals surface area contributed by atoms with Crippen LogP contribution in [-0.2, 0) is 17.0 Å². The van der Waals surface area contributed by atoms with Crippen LogP contribution in [-0.4, -0.2) is 22.6 Å². The van der Waals surface area contributed by atoms with Gasteiger partial charge in [-0.05, 0) is 35.9 Å². The number of rotatable bonds is 6. The summed E-state index contributed by atoms with van der Waals surface area (Å²) in [5, 5.41) is 0.998. The molecule has 29 heavy (non-hydrogen) atoms. The molecule has 0 atom stereocenters. The molecule has 0 amide bonds. The number of carbonyl (C=O) groups is 1. The number of benzene rings is 2. The SMILES string of the molecule is COC(=O)c1ccc2c(=O)n(Cc3ccco3)c(SCc3ccccc3)nc2c1. The maximum absolute atomic E-state index is 13.2. The van der Waals surface area contributed by atoms with Gasteiger partial charge in [0.25, 0.3) is 5.56 Å². The summed E-state index contributed by atoms with van der Waals surface area (Å²) >= 11 is 1.47. The molecular formula is C22H18N2O4S. The molecule has 7 heteroatoms. The average molecular weight is 406 g/mol. The predicted octanol–water partition coefficient (Wildman–Crippen LogP) is 4.12. The molecule has 0 fully saturated rings. The number of fused-ring (bicyclic) bond motifs is 1. The number of hydrogen-bond acceptors (Lipinski definition) is 6. The lowest BCUT2D eigenvalue weighted by Gasteiger charge is -2.12. The summed E-state index contributed by atoms with van der Waals surface area (Å²) in [6, 6.07) is 18.3. The van der Waals surface area contributed by atoms with Crippen LogP contribution < -0.4 is 5.56 Å². The van der Waals surface area contributed by atoms with Crippen LogP contribution in [0.25, 0.3) is 10.9 Å². The van der Waals surface area contributed by atoms with Gasteiger partial charge in [0.05, 0.1) is 36.4 Å². The van der Waals surface area contributed by atoms with Gasteiger partial charge in [0.1, 0.15) is 5.76 Å². The summed E-state index contributed by atoms with van der Waals surface area (Å²) < 4.78 is 11.8. The van der Waals surface area contributed by atoms with E-state index in [-0.39, 0.29) is 12.1 Å². The zero-order valence-electron chi connectivity index (χ0n) is 15.7.